The molecule has 2 aromatic carbocycles. The van der Waals surface area contributed by atoms with Crippen molar-refractivity contribution in [1.82, 2.24) is 4.90 Å². The number of aliphatic hydroxyl groups is 1. The molecule has 3 saturated heterocycles. The van der Waals surface area contributed by atoms with Crippen LogP contribution < -0.4 is 4.90 Å². The second-order valence-corrected chi connectivity index (χ2v) is 11.6. The molecule has 6 atom stereocenters. The number of likely N-dealkylation sites (tertiary alicyclic amines) is 1. The summed E-state index contributed by atoms with van der Waals surface area (Å²) in [7, 11) is 0. The number of esters is 1. The molecular formula is C34H40N2O6. The second-order valence-electron chi connectivity index (χ2n) is 11.6. The number of hydrogen-bond donors (Lipinski definition) is 1. The number of anilines is 1. The van der Waals surface area contributed by atoms with Gasteiger partial charge >= 0.3 is 5.97 Å². The third-order valence-electron chi connectivity index (χ3n) is 8.96. The Morgan fingerprint density at radius 2 is 1.95 bits per heavy atom. The molecule has 1 spiro atoms. The summed E-state index contributed by atoms with van der Waals surface area (Å²) in [4.78, 5) is 45.9. The summed E-state index contributed by atoms with van der Waals surface area (Å²) in [5, 5.41) is 10.7. The molecule has 8 heteroatoms. The van der Waals surface area contributed by atoms with Crippen LogP contribution >= 0.6 is 0 Å². The van der Waals surface area contributed by atoms with Gasteiger partial charge in [-0.1, -0.05) is 54.6 Å². The first-order valence-corrected chi connectivity index (χ1v) is 14.7. The smallest absolute Gasteiger partial charge is 0.312 e. The number of rotatable bonds is 12. The number of hydrogen-bond acceptors (Lipinski definition) is 6. The van der Waals surface area contributed by atoms with Crippen LogP contribution in [0.15, 0.2) is 73.8 Å². The summed E-state index contributed by atoms with van der Waals surface area (Å²) in [5.41, 5.74) is 2.34. The molecular weight excluding hydrogens is 532 g/mol. The molecule has 222 valence electrons. The summed E-state index contributed by atoms with van der Waals surface area (Å²) in [5.74, 6) is -2.85. The first-order chi connectivity index (χ1) is 20.3. The highest BCUT2D eigenvalue weighted by Crippen LogP contribution is 2.59. The topological polar surface area (TPSA) is 96.4 Å². The average Bonchev–Trinajstić information content (AvgIpc) is 3.64. The van der Waals surface area contributed by atoms with E-state index in [1.54, 1.807) is 17.1 Å². The Morgan fingerprint density at radius 3 is 2.64 bits per heavy atom. The number of amides is 2. The number of benzene rings is 2. The molecule has 0 aliphatic carbocycles. The maximum atomic E-state index is 14.8. The number of aliphatic hydroxyl groups excluding tert-OH is 1. The minimum atomic E-state index is -1.21. The van der Waals surface area contributed by atoms with Crippen molar-refractivity contribution in [3.8, 4) is 0 Å². The van der Waals surface area contributed by atoms with E-state index in [9.17, 15) is 19.5 Å². The van der Waals surface area contributed by atoms with E-state index in [0.717, 1.165) is 22.4 Å². The van der Waals surface area contributed by atoms with Crippen molar-refractivity contribution >= 4 is 23.5 Å². The first kappa shape index (κ1) is 29.7. The van der Waals surface area contributed by atoms with E-state index >= 15 is 0 Å². The van der Waals surface area contributed by atoms with Gasteiger partial charge < -0.3 is 24.4 Å². The minimum Gasteiger partial charge on any atom is -0.465 e. The van der Waals surface area contributed by atoms with Gasteiger partial charge in [0.15, 0.2) is 0 Å². The lowest BCUT2D eigenvalue weighted by molar-refractivity contribution is -0.155. The fourth-order valence-corrected chi connectivity index (χ4v) is 7.10. The van der Waals surface area contributed by atoms with Crippen LogP contribution in [0.25, 0.3) is 0 Å². The van der Waals surface area contributed by atoms with Crippen molar-refractivity contribution in [1.29, 1.82) is 0 Å². The molecule has 2 aromatic rings. The Labute approximate surface area is 247 Å². The Hall–Kier alpha value is -3.75. The third-order valence-corrected chi connectivity index (χ3v) is 8.96. The summed E-state index contributed by atoms with van der Waals surface area (Å²) in [6, 6.07) is 13.7. The molecule has 5 rings (SSSR count). The van der Waals surface area contributed by atoms with E-state index in [2.05, 4.69) is 13.2 Å². The van der Waals surface area contributed by atoms with Crippen LogP contribution in [0.1, 0.15) is 36.0 Å². The van der Waals surface area contributed by atoms with Gasteiger partial charge in [0, 0.05) is 12.2 Å². The van der Waals surface area contributed by atoms with E-state index in [0.29, 0.717) is 25.7 Å². The van der Waals surface area contributed by atoms with Crippen LogP contribution in [0.2, 0.25) is 0 Å². The van der Waals surface area contributed by atoms with Gasteiger partial charge in [-0.3, -0.25) is 14.4 Å². The molecule has 2 bridgehead atoms. The van der Waals surface area contributed by atoms with Crippen molar-refractivity contribution in [2.24, 2.45) is 11.8 Å². The number of nitrogens with zero attached hydrogens (tertiary/aromatic N) is 2. The van der Waals surface area contributed by atoms with E-state index in [4.69, 9.17) is 9.47 Å². The summed E-state index contributed by atoms with van der Waals surface area (Å²) in [6.07, 6.45) is 4.65. The predicted molar refractivity (Wildman–Crippen MR) is 160 cm³/mol. The van der Waals surface area contributed by atoms with E-state index < -0.39 is 41.6 Å². The maximum absolute atomic E-state index is 14.8. The summed E-state index contributed by atoms with van der Waals surface area (Å²) >= 11 is 0. The standard InChI is InChI=1S/C34H40N2O6/c1-5-7-18-41-33(40)28-27-15-16-34(42-27)29(28)31(38)36(25(21-37)20-24-11-9-8-10-12-24)30(34)32(39)35(17-6-2)26-19-22(3)13-14-23(26)4/h5-6,8-14,19,25,27-30,37H,1-2,7,15-18,20-21H2,3-4H3/t25-,27-,28+,29+,30?,34?/m1/s1. The van der Waals surface area contributed by atoms with Crippen molar-refractivity contribution in [2.75, 3.05) is 24.7 Å². The minimum absolute atomic E-state index is 0.165. The number of fused-ring (bicyclic) bond motifs is 1. The lowest BCUT2D eigenvalue weighted by Gasteiger charge is -2.39. The number of aryl methyl sites for hydroxylation is 2. The number of carbonyl (C=O) groups excluding carboxylic acids is 3. The maximum Gasteiger partial charge on any atom is 0.312 e. The van der Waals surface area contributed by atoms with Crippen LogP contribution in [0.4, 0.5) is 5.69 Å². The van der Waals surface area contributed by atoms with Crippen molar-refractivity contribution < 1.29 is 29.0 Å². The van der Waals surface area contributed by atoms with E-state index in [-0.39, 0.29) is 31.6 Å². The molecule has 1 N–H and O–H groups in total. The van der Waals surface area contributed by atoms with Gasteiger partial charge in [-0.2, -0.15) is 0 Å². The fourth-order valence-electron chi connectivity index (χ4n) is 7.10. The lowest BCUT2D eigenvalue weighted by atomic mass is 9.70. The van der Waals surface area contributed by atoms with Crippen LogP contribution in [0, 0.1) is 25.7 Å². The highest BCUT2D eigenvalue weighted by molar-refractivity contribution is 6.05. The van der Waals surface area contributed by atoms with Gasteiger partial charge in [0.25, 0.3) is 5.91 Å². The van der Waals surface area contributed by atoms with Gasteiger partial charge in [-0.15, -0.1) is 13.2 Å². The SMILES string of the molecule is C=CCCOC(=O)[C@@H]1[C@H]2C(=O)N([C@@H](CO)Cc3ccccc3)C(C(=O)N(CC=C)c3cc(C)ccc3C)C23CC[C@H]1O3. The van der Waals surface area contributed by atoms with Crippen molar-refractivity contribution in [3.05, 3.63) is 90.5 Å². The Balaban J connectivity index is 1.60. The lowest BCUT2D eigenvalue weighted by Crippen LogP contribution is -2.59. The molecule has 3 aliphatic rings. The molecule has 3 heterocycles. The quantitative estimate of drug-likeness (QED) is 0.235. The average molecular weight is 573 g/mol. The monoisotopic (exact) mass is 572 g/mol. The molecule has 2 amide bonds. The molecule has 2 unspecified atom stereocenters. The highest BCUT2D eigenvalue weighted by Gasteiger charge is 2.75. The highest BCUT2D eigenvalue weighted by atomic mass is 16.6. The third kappa shape index (κ3) is 5.07. The Bertz CT molecular complexity index is 1360. The van der Waals surface area contributed by atoms with E-state index in [1.165, 1.54) is 4.90 Å². The van der Waals surface area contributed by atoms with Crippen LogP contribution in [0.5, 0.6) is 0 Å². The van der Waals surface area contributed by atoms with Gasteiger partial charge in [0.2, 0.25) is 5.91 Å². The first-order valence-electron chi connectivity index (χ1n) is 14.7. The predicted octanol–water partition coefficient (Wildman–Crippen LogP) is 3.92. The molecule has 8 nitrogen and oxygen atoms in total. The Kier molecular flexibility index (Phi) is 8.66. The van der Waals surface area contributed by atoms with Crippen LogP contribution in [0.3, 0.4) is 0 Å². The molecule has 3 aliphatic heterocycles. The second kappa shape index (κ2) is 12.2. The van der Waals surface area contributed by atoms with Gasteiger partial charge in [-0.25, -0.2) is 0 Å². The zero-order chi connectivity index (χ0) is 30.0. The Morgan fingerprint density at radius 1 is 1.19 bits per heavy atom. The van der Waals surface area contributed by atoms with Crippen molar-refractivity contribution in [2.45, 2.75) is 63.3 Å². The summed E-state index contributed by atoms with van der Waals surface area (Å²) in [6.45, 7) is 11.5. The van der Waals surface area contributed by atoms with Gasteiger partial charge in [0.1, 0.15) is 11.6 Å². The molecule has 42 heavy (non-hydrogen) atoms. The molecule has 3 fully saturated rings. The normalized spacial score (nSPS) is 26.5. The number of carbonyl (C=O) groups is 3. The zero-order valence-electron chi connectivity index (χ0n) is 24.4. The molecule has 0 radical (unpaired) electrons. The number of ether oxygens (including phenoxy) is 2. The van der Waals surface area contributed by atoms with Crippen LogP contribution in [-0.2, 0) is 30.3 Å². The molecule has 0 aromatic heterocycles. The van der Waals surface area contributed by atoms with Crippen molar-refractivity contribution in [3.63, 3.8) is 0 Å². The van der Waals surface area contributed by atoms with E-state index in [1.807, 2.05) is 62.4 Å². The fraction of sp³-hybridized carbons (Fsp3) is 0.441. The summed E-state index contributed by atoms with van der Waals surface area (Å²) < 4.78 is 12.1. The van der Waals surface area contributed by atoms with Gasteiger partial charge in [0.05, 0.1) is 37.2 Å². The molecule has 0 saturated carbocycles. The van der Waals surface area contributed by atoms with Crippen LogP contribution in [-0.4, -0.2) is 71.3 Å². The largest absolute Gasteiger partial charge is 0.465 e. The zero-order valence-corrected chi connectivity index (χ0v) is 24.4. The van der Waals surface area contributed by atoms with Gasteiger partial charge in [-0.05, 0) is 62.3 Å².